The maximum absolute atomic E-state index is 14.1. The van der Waals surface area contributed by atoms with Gasteiger partial charge in [0.1, 0.15) is 5.60 Å². The maximum Gasteiger partial charge on any atom is 0.335 e. The highest BCUT2D eigenvalue weighted by Crippen LogP contribution is 2.43. The Labute approximate surface area is 201 Å². The van der Waals surface area contributed by atoms with Gasteiger partial charge in [-0.15, -0.1) is 0 Å². The van der Waals surface area contributed by atoms with Gasteiger partial charge >= 0.3 is 5.97 Å². The van der Waals surface area contributed by atoms with Crippen molar-refractivity contribution < 1.29 is 23.1 Å². The Bertz CT molecular complexity index is 959. The minimum Gasteiger partial charge on any atom is -0.451 e. The molecule has 34 heavy (non-hydrogen) atoms. The Morgan fingerprint density at radius 3 is 2.59 bits per heavy atom. The van der Waals surface area contributed by atoms with Crippen LogP contribution >= 0.6 is 0 Å². The fourth-order valence-electron chi connectivity index (χ4n) is 6.02. The van der Waals surface area contributed by atoms with Crippen LogP contribution in [0.25, 0.3) is 0 Å². The summed E-state index contributed by atoms with van der Waals surface area (Å²) in [4.78, 5) is 28.4. The standard InChI is InChI=1S/C28H37F2NO3/c1-4-31-15-13-28(14-16-31)25(19(2)26(33)34-28)24(32)17-20-9-11-21-7-5-6-8-23(27(3,29)30)18-22(21)12-10-20/h6,8,18,20H,4-5,7,9-17H2,1-3H3. The van der Waals surface area contributed by atoms with Crippen molar-refractivity contribution in [3.63, 3.8) is 0 Å². The molecule has 186 valence electrons. The summed E-state index contributed by atoms with van der Waals surface area (Å²) in [6.45, 7) is 7.38. The molecule has 0 aromatic heterocycles. The van der Waals surface area contributed by atoms with Gasteiger partial charge < -0.3 is 9.64 Å². The van der Waals surface area contributed by atoms with Crippen LogP contribution in [0, 0.1) is 5.92 Å². The third-order valence-electron chi connectivity index (χ3n) is 8.17. The minimum absolute atomic E-state index is 0.0330. The zero-order valence-electron chi connectivity index (χ0n) is 20.7. The molecule has 4 aliphatic rings. The Morgan fingerprint density at radius 2 is 1.91 bits per heavy atom. The second-order valence-electron chi connectivity index (χ2n) is 10.4. The summed E-state index contributed by atoms with van der Waals surface area (Å²) in [5.74, 6) is -3.01. The lowest BCUT2D eigenvalue weighted by atomic mass is 9.78. The van der Waals surface area contributed by atoms with Crippen LogP contribution in [-0.4, -0.2) is 47.8 Å². The molecule has 2 heterocycles. The molecular weight excluding hydrogens is 436 g/mol. The van der Waals surface area contributed by atoms with Gasteiger partial charge in [-0.25, -0.2) is 13.6 Å². The number of carbonyl (C=O) groups is 2. The van der Waals surface area contributed by atoms with E-state index in [-0.39, 0.29) is 23.2 Å². The van der Waals surface area contributed by atoms with Crippen molar-refractivity contribution in [2.24, 2.45) is 5.92 Å². The lowest BCUT2D eigenvalue weighted by molar-refractivity contribution is -0.150. The van der Waals surface area contributed by atoms with Crippen molar-refractivity contribution in [1.82, 2.24) is 4.90 Å². The van der Waals surface area contributed by atoms with Gasteiger partial charge in [-0.2, -0.15) is 0 Å². The number of nitrogens with zero attached hydrogens (tertiary/aromatic N) is 1. The molecule has 0 N–H and O–H groups in total. The fraction of sp³-hybridized carbons (Fsp3) is 0.643. The molecule has 0 aromatic carbocycles. The molecule has 1 unspecified atom stereocenters. The van der Waals surface area contributed by atoms with E-state index in [2.05, 4.69) is 11.8 Å². The van der Waals surface area contributed by atoms with Gasteiger partial charge in [0, 0.05) is 56.0 Å². The normalized spacial score (nSPS) is 26.1. The van der Waals surface area contributed by atoms with E-state index < -0.39 is 11.5 Å². The van der Waals surface area contributed by atoms with Crippen LogP contribution < -0.4 is 0 Å². The average Bonchev–Trinajstić information content (AvgIpc) is 2.88. The van der Waals surface area contributed by atoms with Crippen molar-refractivity contribution in [3.8, 4) is 0 Å². The Balaban J connectivity index is 1.47. The fourth-order valence-corrected chi connectivity index (χ4v) is 6.02. The Kier molecular flexibility index (Phi) is 7.28. The number of alkyl halides is 2. The van der Waals surface area contributed by atoms with E-state index in [4.69, 9.17) is 4.74 Å². The number of halogens is 2. The lowest BCUT2D eigenvalue weighted by Crippen LogP contribution is -2.47. The average molecular weight is 474 g/mol. The van der Waals surface area contributed by atoms with Gasteiger partial charge in [-0.1, -0.05) is 24.6 Å². The van der Waals surface area contributed by atoms with Crippen LogP contribution in [0.4, 0.5) is 8.78 Å². The van der Waals surface area contributed by atoms with Crippen molar-refractivity contribution in [3.05, 3.63) is 46.1 Å². The first-order valence-corrected chi connectivity index (χ1v) is 12.8. The molecule has 1 spiro atoms. The summed E-state index contributed by atoms with van der Waals surface area (Å²) in [7, 11) is 0. The molecule has 4 rings (SSSR count). The van der Waals surface area contributed by atoms with E-state index in [9.17, 15) is 18.4 Å². The SMILES string of the molecule is CCN1CCC2(CC1)OC(=O)C(C)=C2C(=O)CC1CCC2=C(CCC=CC(C(C)(F)F)=C2)CC1. The number of hydrogen-bond acceptors (Lipinski definition) is 4. The first-order chi connectivity index (χ1) is 16.1. The summed E-state index contributed by atoms with van der Waals surface area (Å²) >= 11 is 0. The molecule has 1 atom stereocenters. The van der Waals surface area contributed by atoms with Gasteiger partial charge in [0.15, 0.2) is 5.78 Å². The maximum atomic E-state index is 14.1. The first kappa shape index (κ1) is 25.0. The second-order valence-corrected chi connectivity index (χ2v) is 10.4. The van der Waals surface area contributed by atoms with E-state index in [1.165, 1.54) is 5.57 Å². The number of allylic oxidation sites excluding steroid dienone is 6. The topological polar surface area (TPSA) is 46.6 Å². The van der Waals surface area contributed by atoms with Crippen molar-refractivity contribution in [2.45, 2.75) is 90.1 Å². The number of rotatable bonds is 5. The van der Waals surface area contributed by atoms with Gasteiger partial charge in [-0.05, 0) is 69.6 Å². The van der Waals surface area contributed by atoms with Gasteiger partial charge in [0.25, 0.3) is 5.92 Å². The molecule has 0 amide bonds. The second kappa shape index (κ2) is 9.88. The number of piperidine rings is 1. The number of ketones is 1. The Morgan fingerprint density at radius 1 is 1.21 bits per heavy atom. The summed E-state index contributed by atoms with van der Waals surface area (Å²) in [5, 5.41) is 0. The summed E-state index contributed by atoms with van der Waals surface area (Å²) in [6, 6.07) is 0. The van der Waals surface area contributed by atoms with Crippen molar-refractivity contribution in [2.75, 3.05) is 19.6 Å². The van der Waals surface area contributed by atoms with Crippen molar-refractivity contribution >= 4 is 11.8 Å². The molecule has 1 fully saturated rings. The third-order valence-corrected chi connectivity index (χ3v) is 8.17. The van der Waals surface area contributed by atoms with Crippen molar-refractivity contribution in [1.29, 1.82) is 0 Å². The third kappa shape index (κ3) is 5.12. The summed E-state index contributed by atoms with van der Waals surface area (Å²) in [5.41, 5.74) is 2.64. The summed E-state index contributed by atoms with van der Waals surface area (Å²) in [6.07, 6.45) is 11.7. The number of Topliss-reactive ketones (excluding diaryl/α,β-unsaturated/α-hetero) is 1. The molecule has 0 bridgehead atoms. The van der Waals surface area contributed by atoms with Gasteiger partial charge in [0.05, 0.1) is 0 Å². The van der Waals surface area contributed by atoms with Crippen LogP contribution in [0.2, 0.25) is 0 Å². The smallest absolute Gasteiger partial charge is 0.335 e. The van der Waals surface area contributed by atoms with E-state index >= 15 is 0 Å². The number of carbonyl (C=O) groups excluding carboxylic acids is 2. The molecule has 0 aromatic rings. The number of ether oxygens (including phenoxy) is 1. The van der Waals surface area contributed by atoms with E-state index in [1.54, 1.807) is 19.1 Å². The predicted molar refractivity (Wildman–Crippen MR) is 129 cm³/mol. The van der Waals surface area contributed by atoms with Gasteiger partial charge in [0.2, 0.25) is 0 Å². The highest BCUT2D eigenvalue weighted by molar-refractivity contribution is 6.08. The van der Waals surface area contributed by atoms with E-state index in [1.807, 2.05) is 6.08 Å². The van der Waals surface area contributed by atoms with Crippen LogP contribution in [0.1, 0.15) is 78.6 Å². The zero-order valence-corrected chi connectivity index (χ0v) is 20.7. The minimum atomic E-state index is -2.87. The van der Waals surface area contributed by atoms with Crippen LogP contribution in [0.5, 0.6) is 0 Å². The quantitative estimate of drug-likeness (QED) is 0.453. The molecule has 1 saturated heterocycles. The van der Waals surface area contributed by atoms with Crippen LogP contribution in [-0.2, 0) is 14.3 Å². The highest BCUT2D eigenvalue weighted by Gasteiger charge is 2.50. The van der Waals surface area contributed by atoms with Gasteiger partial charge in [-0.3, -0.25) is 4.79 Å². The monoisotopic (exact) mass is 473 g/mol. The molecule has 2 aliphatic carbocycles. The van der Waals surface area contributed by atoms with E-state index in [0.29, 0.717) is 36.8 Å². The van der Waals surface area contributed by atoms with Crippen LogP contribution in [0.15, 0.2) is 46.1 Å². The van der Waals surface area contributed by atoms with E-state index in [0.717, 1.165) is 64.2 Å². The molecule has 2 aliphatic heterocycles. The number of likely N-dealkylation sites (tertiary alicyclic amines) is 1. The molecule has 6 heteroatoms. The molecule has 4 nitrogen and oxygen atoms in total. The molecule has 0 radical (unpaired) electrons. The van der Waals surface area contributed by atoms with Crippen LogP contribution in [0.3, 0.4) is 0 Å². The summed E-state index contributed by atoms with van der Waals surface area (Å²) < 4.78 is 34.0. The molecule has 0 saturated carbocycles. The number of esters is 1. The number of hydrogen-bond donors (Lipinski definition) is 0. The predicted octanol–water partition coefficient (Wildman–Crippen LogP) is 6.09. The molecular formula is C28H37F2NO3. The zero-order chi connectivity index (χ0) is 24.5. The largest absolute Gasteiger partial charge is 0.451 e. The Hall–Kier alpha value is -2.08. The highest BCUT2D eigenvalue weighted by atomic mass is 19.3. The lowest BCUT2D eigenvalue weighted by Gasteiger charge is -2.39. The first-order valence-electron chi connectivity index (χ1n) is 12.8.